The summed E-state index contributed by atoms with van der Waals surface area (Å²) in [5.41, 5.74) is 3.65. The number of rotatable bonds is 8. The van der Waals surface area contributed by atoms with Gasteiger partial charge < -0.3 is 9.73 Å². The van der Waals surface area contributed by atoms with Crippen LogP contribution < -0.4 is 5.32 Å². The van der Waals surface area contributed by atoms with Gasteiger partial charge in [-0.2, -0.15) is 10.2 Å². The summed E-state index contributed by atoms with van der Waals surface area (Å²) in [6, 6.07) is 14.8. The number of likely N-dealkylation sites (N-methyl/N-ethyl adjacent to an activating group) is 1. The summed E-state index contributed by atoms with van der Waals surface area (Å²) in [7, 11) is 0. The highest BCUT2D eigenvalue weighted by Gasteiger charge is 2.22. The Bertz CT molecular complexity index is 1010. The summed E-state index contributed by atoms with van der Waals surface area (Å²) in [6.45, 7) is 13.4. The van der Waals surface area contributed by atoms with E-state index in [1.807, 2.05) is 12.1 Å². The Morgan fingerprint density at radius 1 is 1.13 bits per heavy atom. The lowest BCUT2D eigenvalue weighted by atomic mass is 9.86. The number of anilines is 1. The van der Waals surface area contributed by atoms with Crippen molar-refractivity contribution >= 4 is 5.88 Å². The fourth-order valence-corrected chi connectivity index (χ4v) is 3.65. The van der Waals surface area contributed by atoms with Crippen molar-refractivity contribution < 1.29 is 4.42 Å². The number of aromatic nitrogens is 2. The van der Waals surface area contributed by atoms with Crippen LogP contribution in [0.15, 0.2) is 53.2 Å². The molecule has 0 aliphatic carbocycles. The van der Waals surface area contributed by atoms with E-state index in [9.17, 15) is 5.26 Å². The molecule has 0 saturated heterocycles. The van der Waals surface area contributed by atoms with Gasteiger partial charge in [0, 0.05) is 18.9 Å². The van der Waals surface area contributed by atoms with Crippen molar-refractivity contribution in [3.8, 4) is 17.5 Å². The summed E-state index contributed by atoms with van der Waals surface area (Å²) < 4.78 is 5.89. The number of benzene rings is 1. The summed E-state index contributed by atoms with van der Waals surface area (Å²) in [5.74, 6) is 0.783. The molecule has 0 aliphatic rings. The Morgan fingerprint density at radius 2 is 1.84 bits per heavy atom. The lowest BCUT2D eigenvalue weighted by Crippen LogP contribution is -2.33. The zero-order valence-electron chi connectivity index (χ0n) is 19.0. The number of hydrogen-bond acceptors (Lipinski definition) is 6. The smallest absolute Gasteiger partial charge is 0.232 e. The lowest BCUT2D eigenvalue weighted by molar-refractivity contribution is 0.227. The predicted molar refractivity (Wildman–Crippen MR) is 124 cm³/mol. The molecular weight excluding hydrogens is 386 g/mol. The molecule has 0 unspecified atom stereocenters. The molecule has 1 aromatic carbocycles. The van der Waals surface area contributed by atoms with Gasteiger partial charge >= 0.3 is 0 Å². The second-order valence-corrected chi connectivity index (χ2v) is 8.54. The number of nitriles is 1. The van der Waals surface area contributed by atoms with Crippen LogP contribution >= 0.6 is 0 Å². The highest BCUT2D eigenvalue weighted by atomic mass is 16.4. The van der Waals surface area contributed by atoms with E-state index >= 15 is 0 Å². The molecule has 1 atom stereocenters. The van der Waals surface area contributed by atoms with E-state index in [1.54, 1.807) is 12.4 Å². The topological polar surface area (TPSA) is 78.0 Å². The van der Waals surface area contributed by atoms with Crippen molar-refractivity contribution in [1.29, 1.82) is 5.26 Å². The van der Waals surface area contributed by atoms with Gasteiger partial charge in [0.15, 0.2) is 0 Å². The predicted octanol–water partition coefficient (Wildman–Crippen LogP) is 5.40. The second-order valence-electron chi connectivity index (χ2n) is 8.54. The fourth-order valence-electron chi connectivity index (χ4n) is 3.65. The van der Waals surface area contributed by atoms with Crippen LogP contribution in [0, 0.1) is 11.3 Å². The van der Waals surface area contributed by atoms with E-state index in [1.165, 1.54) is 11.1 Å². The average Bonchev–Trinajstić information content (AvgIpc) is 3.20. The third-order valence-electron chi connectivity index (χ3n) is 5.51. The molecule has 0 spiro atoms. The molecule has 162 valence electrons. The lowest BCUT2D eigenvalue weighted by Gasteiger charge is -2.31. The first-order valence-electron chi connectivity index (χ1n) is 10.8. The van der Waals surface area contributed by atoms with Gasteiger partial charge in [-0.3, -0.25) is 9.88 Å². The zero-order chi connectivity index (χ0) is 22.4. The summed E-state index contributed by atoms with van der Waals surface area (Å²) in [5, 5.41) is 12.9. The summed E-state index contributed by atoms with van der Waals surface area (Å²) in [6.07, 6.45) is 3.36. The molecule has 0 radical (unpaired) electrons. The first kappa shape index (κ1) is 22.5. The Morgan fingerprint density at radius 3 is 2.39 bits per heavy atom. The van der Waals surface area contributed by atoms with Crippen LogP contribution in [0.2, 0.25) is 0 Å². The van der Waals surface area contributed by atoms with Crippen LogP contribution in [-0.4, -0.2) is 34.5 Å². The molecule has 2 aromatic heterocycles. The minimum atomic E-state index is 0.117. The van der Waals surface area contributed by atoms with Crippen molar-refractivity contribution in [3.63, 3.8) is 0 Å². The minimum absolute atomic E-state index is 0.117. The Labute approximate surface area is 184 Å². The largest absolute Gasteiger partial charge is 0.419 e. The molecule has 0 bridgehead atoms. The molecule has 3 rings (SSSR count). The summed E-state index contributed by atoms with van der Waals surface area (Å²) >= 11 is 0. The van der Waals surface area contributed by atoms with Crippen LogP contribution in [0.25, 0.3) is 11.5 Å². The van der Waals surface area contributed by atoms with Gasteiger partial charge in [0.2, 0.25) is 17.5 Å². The first-order chi connectivity index (χ1) is 14.9. The standard InChI is InChI=1S/C25H31N5O/c1-6-30(7-2)22(18-10-12-20(13-11-18)25(3,4)5)17-28-24-21(15-26)29-23(31-24)19-9-8-14-27-16-19/h8-14,16,22,28H,6-7,17H2,1-5H3/t22-/m0/s1. The number of nitrogens with one attached hydrogen (secondary N) is 1. The third-order valence-corrected chi connectivity index (χ3v) is 5.51. The van der Waals surface area contributed by atoms with Gasteiger partial charge in [0.25, 0.3) is 0 Å². The Kier molecular flexibility index (Phi) is 7.09. The molecule has 2 heterocycles. The van der Waals surface area contributed by atoms with Crippen LogP contribution in [0.5, 0.6) is 0 Å². The fraction of sp³-hybridized carbons (Fsp3) is 0.400. The highest BCUT2D eigenvalue weighted by Crippen LogP contribution is 2.29. The zero-order valence-corrected chi connectivity index (χ0v) is 19.0. The molecule has 0 saturated carbocycles. The molecule has 1 N–H and O–H groups in total. The molecule has 0 aliphatic heterocycles. The van der Waals surface area contributed by atoms with Crippen molar-refractivity contribution in [2.24, 2.45) is 0 Å². The van der Waals surface area contributed by atoms with Gasteiger partial charge in [-0.05, 0) is 41.8 Å². The van der Waals surface area contributed by atoms with Crippen LogP contribution in [0.1, 0.15) is 57.5 Å². The van der Waals surface area contributed by atoms with Crippen LogP contribution in [0.3, 0.4) is 0 Å². The number of nitrogens with zero attached hydrogens (tertiary/aromatic N) is 4. The monoisotopic (exact) mass is 417 g/mol. The van der Waals surface area contributed by atoms with Crippen molar-refractivity contribution in [3.05, 3.63) is 65.6 Å². The van der Waals surface area contributed by atoms with Gasteiger partial charge in [-0.25, -0.2) is 0 Å². The molecular formula is C25H31N5O. The van der Waals surface area contributed by atoms with Gasteiger partial charge in [-0.1, -0.05) is 58.9 Å². The SMILES string of the molecule is CCN(CC)[C@@H](CNc1oc(-c2cccnc2)nc1C#N)c1ccc(C(C)(C)C)cc1. The van der Waals surface area contributed by atoms with E-state index in [2.05, 4.69) is 85.1 Å². The highest BCUT2D eigenvalue weighted by molar-refractivity contribution is 5.57. The number of hydrogen-bond donors (Lipinski definition) is 1. The Balaban J connectivity index is 1.85. The molecule has 0 fully saturated rings. The van der Waals surface area contributed by atoms with Crippen LogP contribution in [0.4, 0.5) is 5.88 Å². The normalized spacial score (nSPS) is 12.5. The molecule has 3 aromatic rings. The van der Waals surface area contributed by atoms with E-state index in [4.69, 9.17) is 4.42 Å². The number of pyridine rings is 1. The molecule has 0 amide bonds. The van der Waals surface area contributed by atoms with Gasteiger partial charge in [0.1, 0.15) is 6.07 Å². The van der Waals surface area contributed by atoms with Gasteiger partial charge in [-0.15, -0.1) is 0 Å². The van der Waals surface area contributed by atoms with E-state index in [-0.39, 0.29) is 17.2 Å². The van der Waals surface area contributed by atoms with Crippen molar-refractivity contribution in [1.82, 2.24) is 14.9 Å². The maximum Gasteiger partial charge on any atom is 0.232 e. The maximum absolute atomic E-state index is 9.53. The van der Waals surface area contributed by atoms with Crippen molar-refractivity contribution in [2.45, 2.75) is 46.1 Å². The Hall–Kier alpha value is -3.17. The second kappa shape index (κ2) is 9.76. The van der Waals surface area contributed by atoms with Crippen LogP contribution in [-0.2, 0) is 5.41 Å². The van der Waals surface area contributed by atoms with E-state index in [0.717, 1.165) is 18.7 Å². The maximum atomic E-state index is 9.53. The molecule has 6 nitrogen and oxygen atoms in total. The molecule has 31 heavy (non-hydrogen) atoms. The minimum Gasteiger partial charge on any atom is -0.419 e. The third kappa shape index (κ3) is 5.31. The van der Waals surface area contributed by atoms with E-state index in [0.29, 0.717) is 18.3 Å². The van der Waals surface area contributed by atoms with Gasteiger partial charge in [0.05, 0.1) is 11.6 Å². The summed E-state index contributed by atoms with van der Waals surface area (Å²) in [4.78, 5) is 10.8. The average molecular weight is 418 g/mol. The molecule has 6 heteroatoms. The number of oxazole rings is 1. The quantitative estimate of drug-likeness (QED) is 0.529. The first-order valence-corrected chi connectivity index (χ1v) is 10.8. The van der Waals surface area contributed by atoms with Crippen molar-refractivity contribution in [2.75, 3.05) is 25.0 Å². The van der Waals surface area contributed by atoms with E-state index < -0.39 is 0 Å².